The van der Waals surface area contributed by atoms with E-state index in [1.54, 1.807) is 11.0 Å². The van der Waals surface area contributed by atoms with E-state index in [2.05, 4.69) is 5.32 Å². The fraction of sp³-hybridized carbons (Fsp3) is 0.500. The van der Waals surface area contributed by atoms with E-state index in [-0.39, 0.29) is 6.04 Å². The molecule has 1 saturated heterocycles. The average molecular weight is 289 g/mol. The monoisotopic (exact) mass is 289 g/mol. The molecule has 0 radical (unpaired) electrons. The van der Waals surface area contributed by atoms with Crippen LogP contribution in [0.25, 0.3) is 0 Å². The molecule has 1 unspecified atom stereocenters. The number of hydrogen-bond donors (Lipinski definition) is 1. The fourth-order valence-electron chi connectivity index (χ4n) is 2.58. The summed E-state index contributed by atoms with van der Waals surface area (Å²) in [5.74, 6) is -0.989. The second-order valence-electron chi connectivity index (χ2n) is 5.74. The number of carbonyl (C=O) groups excluding carboxylic acids is 2. The van der Waals surface area contributed by atoms with E-state index in [9.17, 15) is 9.59 Å². The summed E-state index contributed by atoms with van der Waals surface area (Å²) in [6, 6.07) is 7.59. The highest BCUT2D eigenvalue weighted by molar-refractivity contribution is 6.39. The van der Waals surface area contributed by atoms with E-state index < -0.39 is 11.8 Å². The molecule has 1 aromatic carbocycles. The molecule has 114 valence electrons. The maximum atomic E-state index is 12.2. The first-order chi connectivity index (χ1) is 9.99. The highest BCUT2D eigenvalue weighted by atomic mass is 16.2. The zero-order valence-electron chi connectivity index (χ0n) is 12.9. The van der Waals surface area contributed by atoms with Crippen molar-refractivity contribution in [3.05, 3.63) is 24.3 Å². The molecule has 21 heavy (non-hydrogen) atoms. The number of amides is 2. The van der Waals surface area contributed by atoms with Gasteiger partial charge < -0.3 is 15.1 Å². The van der Waals surface area contributed by atoms with E-state index in [4.69, 9.17) is 0 Å². The van der Waals surface area contributed by atoms with E-state index >= 15 is 0 Å². The summed E-state index contributed by atoms with van der Waals surface area (Å²) in [4.78, 5) is 28.0. The minimum absolute atomic E-state index is 0.144. The number of nitrogens with one attached hydrogen (secondary N) is 1. The number of nitrogens with zero attached hydrogens (tertiary/aromatic N) is 2. The Morgan fingerprint density at radius 2 is 2.05 bits per heavy atom. The number of likely N-dealkylation sites (tertiary alicyclic amines) is 1. The third kappa shape index (κ3) is 3.74. The molecule has 2 amide bonds. The van der Waals surface area contributed by atoms with Gasteiger partial charge in [0.25, 0.3) is 0 Å². The van der Waals surface area contributed by atoms with Gasteiger partial charge in [-0.2, -0.15) is 0 Å². The Hall–Kier alpha value is -2.04. The largest absolute Gasteiger partial charge is 0.378 e. The summed E-state index contributed by atoms with van der Waals surface area (Å²) in [7, 11) is 3.86. The van der Waals surface area contributed by atoms with Gasteiger partial charge in [-0.05, 0) is 44.4 Å². The Labute approximate surface area is 125 Å². The molecule has 0 bridgehead atoms. The van der Waals surface area contributed by atoms with E-state index in [0.717, 1.165) is 24.9 Å². The molecular formula is C16H23N3O2. The van der Waals surface area contributed by atoms with Crippen molar-refractivity contribution in [3.63, 3.8) is 0 Å². The lowest BCUT2D eigenvalue weighted by atomic mass is 10.0. The van der Waals surface area contributed by atoms with Gasteiger partial charge >= 0.3 is 11.8 Å². The third-order valence-electron chi connectivity index (χ3n) is 3.88. The molecule has 5 nitrogen and oxygen atoms in total. The third-order valence-corrected chi connectivity index (χ3v) is 3.88. The van der Waals surface area contributed by atoms with Gasteiger partial charge in [0.05, 0.1) is 0 Å². The predicted octanol–water partition coefficient (Wildman–Crippen LogP) is 2.09. The molecule has 5 heteroatoms. The maximum absolute atomic E-state index is 12.2. The van der Waals surface area contributed by atoms with Gasteiger partial charge in [0.2, 0.25) is 0 Å². The normalized spacial score (nSPS) is 18.2. The van der Waals surface area contributed by atoms with Crippen LogP contribution >= 0.6 is 0 Å². The van der Waals surface area contributed by atoms with Crippen LogP contribution in [0.3, 0.4) is 0 Å². The van der Waals surface area contributed by atoms with Crippen LogP contribution in [0.1, 0.15) is 26.2 Å². The Morgan fingerprint density at radius 3 is 2.71 bits per heavy atom. The van der Waals surface area contributed by atoms with Crippen molar-refractivity contribution in [2.24, 2.45) is 0 Å². The molecule has 0 spiro atoms. The minimum atomic E-state index is -0.556. The second kappa shape index (κ2) is 6.61. The molecule has 0 aromatic heterocycles. The van der Waals surface area contributed by atoms with Gasteiger partial charge in [-0.15, -0.1) is 0 Å². The molecule has 1 N–H and O–H groups in total. The molecule has 1 heterocycles. The molecule has 2 rings (SSSR count). The van der Waals surface area contributed by atoms with E-state index in [0.29, 0.717) is 12.2 Å². The maximum Gasteiger partial charge on any atom is 0.313 e. The van der Waals surface area contributed by atoms with Crippen LogP contribution in [0, 0.1) is 0 Å². The number of rotatable bonds is 2. The smallest absolute Gasteiger partial charge is 0.313 e. The number of piperidine rings is 1. The summed E-state index contributed by atoms with van der Waals surface area (Å²) in [5, 5.41) is 2.70. The summed E-state index contributed by atoms with van der Waals surface area (Å²) in [5.41, 5.74) is 1.62. The van der Waals surface area contributed by atoms with Gasteiger partial charge in [0.15, 0.2) is 0 Å². The van der Waals surface area contributed by atoms with E-state index in [1.165, 1.54) is 0 Å². The lowest BCUT2D eigenvalue weighted by Crippen LogP contribution is -2.47. The first kappa shape index (κ1) is 15.4. The van der Waals surface area contributed by atoms with Crippen molar-refractivity contribution in [1.29, 1.82) is 0 Å². The number of carbonyl (C=O) groups is 2. The van der Waals surface area contributed by atoms with Crippen molar-refractivity contribution < 1.29 is 9.59 Å². The summed E-state index contributed by atoms with van der Waals surface area (Å²) >= 11 is 0. The standard InChI is InChI=1S/C16H23N3O2/c1-12-7-4-5-10-19(12)16(21)15(20)17-13-8-6-9-14(11-13)18(2)3/h6,8-9,11-12H,4-5,7,10H2,1-3H3,(H,17,20). The average Bonchev–Trinajstić information content (AvgIpc) is 2.47. The van der Waals surface area contributed by atoms with Crippen molar-refractivity contribution in [2.75, 3.05) is 30.9 Å². The van der Waals surface area contributed by atoms with Crippen LogP contribution < -0.4 is 10.2 Å². The molecule has 1 aromatic rings. The molecule has 1 fully saturated rings. The first-order valence-corrected chi connectivity index (χ1v) is 7.38. The van der Waals surface area contributed by atoms with Crippen LogP contribution in [-0.2, 0) is 9.59 Å². The summed E-state index contributed by atoms with van der Waals surface area (Å²) in [6.45, 7) is 2.67. The lowest BCUT2D eigenvalue weighted by Gasteiger charge is -2.32. The SMILES string of the molecule is CC1CCCCN1C(=O)C(=O)Nc1cccc(N(C)C)c1. The van der Waals surface area contributed by atoms with Crippen molar-refractivity contribution >= 4 is 23.2 Å². The lowest BCUT2D eigenvalue weighted by molar-refractivity contribution is -0.145. The molecule has 1 aliphatic heterocycles. The zero-order chi connectivity index (χ0) is 15.4. The van der Waals surface area contributed by atoms with Crippen LogP contribution in [-0.4, -0.2) is 43.4 Å². The number of anilines is 2. The zero-order valence-corrected chi connectivity index (χ0v) is 12.9. The number of benzene rings is 1. The summed E-state index contributed by atoms with van der Waals surface area (Å²) in [6.07, 6.45) is 3.06. The Kier molecular flexibility index (Phi) is 4.83. The van der Waals surface area contributed by atoms with Crippen molar-refractivity contribution in [3.8, 4) is 0 Å². The molecule has 1 atom stereocenters. The molecular weight excluding hydrogens is 266 g/mol. The van der Waals surface area contributed by atoms with Crippen LogP contribution in [0.15, 0.2) is 24.3 Å². The second-order valence-corrected chi connectivity index (χ2v) is 5.74. The highest BCUT2D eigenvalue weighted by Crippen LogP contribution is 2.19. The minimum Gasteiger partial charge on any atom is -0.378 e. The fourth-order valence-corrected chi connectivity index (χ4v) is 2.58. The molecule has 0 aliphatic carbocycles. The van der Waals surface area contributed by atoms with E-state index in [1.807, 2.05) is 44.1 Å². The van der Waals surface area contributed by atoms with Gasteiger partial charge in [0.1, 0.15) is 0 Å². The number of hydrogen-bond acceptors (Lipinski definition) is 3. The van der Waals surface area contributed by atoms with Crippen LogP contribution in [0.2, 0.25) is 0 Å². The quantitative estimate of drug-likeness (QED) is 0.848. The van der Waals surface area contributed by atoms with Gasteiger partial charge in [-0.3, -0.25) is 9.59 Å². The van der Waals surface area contributed by atoms with Gasteiger partial charge in [-0.1, -0.05) is 6.07 Å². The summed E-state index contributed by atoms with van der Waals surface area (Å²) < 4.78 is 0. The van der Waals surface area contributed by atoms with Gasteiger partial charge in [0, 0.05) is 38.1 Å². The highest BCUT2D eigenvalue weighted by Gasteiger charge is 2.28. The predicted molar refractivity (Wildman–Crippen MR) is 84.4 cm³/mol. The Morgan fingerprint density at radius 1 is 1.29 bits per heavy atom. The Balaban J connectivity index is 2.03. The van der Waals surface area contributed by atoms with Crippen molar-refractivity contribution in [2.45, 2.75) is 32.2 Å². The van der Waals surface area contributed by atoms with Crippen LogP contribution in [0.4, 0.5) is 11.4 Å². The molecule has 0 saturated carbocycles. The first-order valence-electron chi connectivity index (χ1n) is 7.38. The van der Waals surface area contributed by atoms with Crippen molar-refractivity contribution in [1.82, 2.24) is 4.90 Å². The Bertz CT molecular complexity index is 528. The topological polar surface area (TPSA) is 52.7 Å². The van der Waals surface area contributed by atoms with Crippen LogP contribution in [0.5, 0.6) is 0 Å². The van der Waals surface area contributed by atoms with Gasteiger partial charge in [-0.25, -0.2) is 0 Å². The molecule has 1 aliphatic rings.